The lowest BCUT2D eigenvalue weighted by atomic mass is 9.44. The Balaban J connectivity index is 1.45. The molecule has 1 aliphatic heterocycles. The molecule has 156 valence electrons. The van der Waals surface area contributed by atoms with Crippen molar-refractivity contribution < 1.29 is 19.1 Å². The molecular weight excluding hydrogens is 352 g/mol. The summed E-state index contributed by atoms with van der Waals surface area (Å²) in [4.78, 5) is 23.9. The molecule has 4 nitrogen and oxygen atoms in total. The van der Waals surface area contributed by atoms with E-state index in [2.05, 4.69) is 20.8 Å². The Hall–Kier alpha value is -0.900. The molecule has 5 fully saturated rings. The molecule has 5 aliphatic rings. The summed E-state index contributed by atoms with van der Waals surface area (Å²) in [6.45, 7) is 10.6. The average Bonchev–Trinajstić information content (AvgIpc) is 3.21. The van der Waals surface area contributed by atoms with Crippen molar-refractivity contribution in [2.75, 3.05) is 0 Å². The first-order chi connectivity index (χ1) is 13.1. The lowest BCUT2D eigenvalue weighted by molar-refractivity contribution is -0.159. The van der Waals surface area contributed by atoms with Crippen LogP contribution in [0.2, 0.25) is 0 Å². The van der Waals surface area contributed by atoms with Crippen molar-refractivity contribution in [3.63, 3.8) is 0 Å². The molecule has 4 saturated carbocycles. The third-order valence-electron chi connectivity index (χ3n) is 10.2. The number of hydrogen-bond donors (Lipinski definition) is 0. The van der Waals surface area contributed by atoms with Crippen molar-refractivity contribution in [3.8, 4) is 0 Å². The minimum Gasteiger partial charge on any atom is -0.462 e. The first-order valence-corrected chi connectivity index (χ1v) is 11.5. The Morgan fingerprint density at radius 1 is 1.07 bits per heavy atom. The number of rotatable bonds is 2. The predicted octanol–water partition coefficient (Wildman–Crippen LogP) is 4.54. The van der Waals surface area contributed by atoms with Crippen LogP contribution in [0.1, 0.15) is 79.6 Å². The molecule has 4 aliphatic carbocycles. The van der Waals surface area contributed by atoms with Crippen molar-refractivity contribution in [1.82, 2.24) is 0 Å². The summed E-state index contributed by atoms with van der Waals surface area (Å²) in [5.41, 5.74) is 0.293. The number of carbonyl (C=O) groups is 2. The van der Waals surface area contributed by atoms with Gasteiger partial charge in [0.2, 0.25) is 0 Å². The van der Waals surface area contributed by atoms with Gasteiger partial charge in [-0.1, -0.05) is 20.8 Å². The fourth-order valence-electron chi connectivity index (χ4n) is 9.15. The van der Waals surface area contributed by atoms with Crippen LogP contribution in [0.25, 0.3) is 0 Å². The summed E-state index contributed by atoms with van der Waals surface area (Å²) < 4.78 is 12.1. The lowest BCUT2D eigenvalue weighted by Gasteiger charge is -2.59. The van der Waals surface area contributed by atoms with E-state index in [-0.39, 0.29) is 34.4 Å². The molecular formula is C24H36O4. The molecule has 0 N–H and O–H groups in total. The number of Topliss-reactive ketones (excluding diaryl/α,β-unsaturated/α-hetero) is 1. The predicted molar refractivity (Wildman–Crippen MR) is 105 cm³/mol. The third kappa shape index (κ3) is 2.27. The van der Waals surface area contributed by atoms with Crippen LogP contribution in [0.15, 0.2) is 0 Å². The highest BCUT2D eigenvalue weighted by atomic mass is 16.6. The molecule has 0 aromatic heterocycles. The Morgan fingerprint density at radius 3 is 2.50 bits per heavy atom. The molecule has 0 amide bonds. The Kier molecular flexibility index (Phi) is 3.98. The van der Waals surface area contributed by atoms with Crippen LogP contribution >= 0.6 is 0 Å². The minimum absolute atomic E-state index is 0.0217. The number of ketones is 1. The molecule has 0 radical (unpaired) electrons. The molecule has 28 heavy (non-hydrogen) atoms. The summed E-state index contributed by atoms with van der Waals surface area (Å²) in [5.74, 6) is 3.09. The van der Waals surface area contributed by atoms with Crippen LogP contribution in [-0.2, 0) is 19.1 Å². The molecule has 4 heteroatoms. The number of epoxide rings is 1. The molecule has 0 unspecified atom stereocenters. The van der Waals surface area contributed by atoms with Crippen LogP contribution in [0.3, 0.4) is 0 Å². The van der Waals surface area contributed by atoms with E-state index in [1.807, 2.05) is 6.92 Å². The van der Waals surface area contributed by atoms with Gasteiger partial charge in [0, 0.05) is 24.7 Å². The first-order valence-electron chi connectivity index (χ1n) is 11.5. The molecule has 1 saturated heterocycles. The van der Waals surface area contributed by atoms with E-state index in [0.717, 1.165) is 32.1 Å². The van der Waals surface area contributed by atoms with Gasteiger partial charge in [0.25, 0.3) is 0 Å². The van der Waals surface area contributed by atoms with E-state index >= 15 is 0 Å². The van der Waals surface area contributed by atoms with Gasteiger partial charge in [0.1, 0.15) is 17.5 Å². The van der Waals surface area contributed by atoms with Crippen molar-refractivity contribution in [3.05, 3.63) is 0 Å². The van der Waals surface area contributed by atoms with E-state index in [1.54, 1.807) is 0 Å². The van der Waals surface area contributed by atoms with Crippen LogP contribution in [0.4, 0.5) is 0 Å². The second kappa shape index (κ2) is 5.83. The molecule has 5 rings (SSSR count). The topological polar surface area (TPSA) is 55.9 Å². The smallest absolute Gasteiger partial charge is 0.302 e. The SMILES string of the molecule is CC(=O)O[C@@H]1CC[C@]2(C)[C@H]3CC[C@@]4(C)[C@H]([C@@H]3C[C@@H]3O[C@@]32C1)[C@@H](C)C[C@@H]4C(C)=O. The maximum absolute atomic E-state index is 12.4. The number of ether oxygens (including phenoxy) is 2. The highest BCUT2D eigenvalue weighted by Gasteiger charge is 2.76. The van der Waals surface area contributed by atoms with Crippen molar-refractivity contribution in [2.45, 2.75) is 97.4 Å². The van der Waals surface area contributed by atoms with Gasteiger partial charge < -0.3 is 9.47 Å². The highest BCUT2D eigenvalue weighted by molar-refractivity contribution is 5.79. The minimum atomic E-state index is -0.167. The van der Waals surface area contributed by atoms with Crippen LogP contribution in [0, 0.1) is 40.4 Å². The van der Waals surface area contributed by atoms with Gasteiger partial charge in [-0.2, -0.15) is 0 Å². The number of esters is 1. The van der Waals surface area contributed by atoms with Crippen LogP contribution < -0.4 is 0 Å². The van der Waals surface area contributed by atoms with Gasteiger partial charge in [0.05, 0.1) is 6.10 Å². The standard InChI is InChI=1S/C24H36O4/c1-13-10-19(14(2)25)22(4)8-7-18-17(21(13)22)11-20-24(28-20)12-16(27-15(3)26)6-9-23(18,24)5/h13,16-21H,6-12H2,1-5H3/t13-,16+,17+,18-,19+,20-,21-,22+,23+,24-/m0/s1. The van der Waals surface area contributed by atoms with E-state index in [9.17, 15) is 9.59 Å². The van der Waals surface area contributed by atoms with Gasteiger partial charge in [-0.3, -0.25) is 9.59 Å². The van der Waals surface area contributed by atoms with E-state index in [4.69, 9.17) is 9.47 Å². The highest BCUT2D eigenvalue weighted by Crippen LogP contribution is 2.74. The lowest BCUT2D eigenvalue weighted by Crippen LogP contribution is -2.59. The Bertz CT molecular complexity index is 717. The fraction of sp³-hybridized carbons (Fsp3) is 0.917. The molecule has 0 aromatic carbocycles. The molecule has 10 atom stereocenters. The first kappa shape index (κ1) is 19.1. The maximum atomic E-state index is 12.4. The van der Waals surface area contributed by atoms with Gasteiger partial charge in [-0.05, 0) is 74.5 Å². The molecule has 0 aromatic rings. The molecule has 1 spiro atoms. The van der Waals surface area contributed by atoms with Gasteiger partial charge >= 0.3 is 5.97 Å². The van der Waals surface area contributed by atoms with Crippen molar-refractivity contribution in [2.24, 2.45) is 40.4 Å². The second-order valence-corrected chi connectivity index (χ2v) is 11.3. The summed E-state index contributed by atoms with van der Waals surface area (Å²) in [5, 5.41) is 0. The zero-order valence-corrected chi connectivity index (χ0v) is 18.1. The zero-order valence-electron chi connectivity index (χ0n) is 18.1. The summed E-state index contributed by atoms with van der Waals surface area (Å²) >= 11 is 0. The van der Waals surface area contributed by atoms with E-state index in [0.29, 0.717) is 35.6 Å². The van der Waals surface area contributed by atoms with Crippen molar-refractivity contribution >= 4 is 11.8 Å². The largest absolute Gasteiger partial charge is 0.462 e. The monoisotopic (exact) mass is 388 g/mol. The summed E-state index contributed by atoms with van der Waals surface area (Å²) in [7, 11) is 0. The van der Waals surface area contributed by atoms with E-state index < -0.39 is 0 Å². The average molecular weight is 389 g/mol. The molecule has 1 heterocycles. The number of fused-ring (bicyclic) bond motifs is 4. The van der Waals surface area contributed by atoms with Crippen molar-refractivity contribution in [1.29, 1.82) is 0 Å². The molecule has 0 bridgehead atoms. The Labute approximate surface area is 169 Å². The van der Waals surface area contributed by atoms with Gasteiger partial charge in [0.15, 0.2) is 0 Å². The normalized spacial score (nSPS) is 56.7. The summed E-state index contributed by atoms with van der Waals surface area (Å²) in [6, 6.07) is 0. The van der Waals surface area contributed by atoms with Crippen LogP contribution in [0.5, 0.6) is 0 Å². The number of carbonyl (C=O) groups excluding carboxylic acids is 2. The summed E-state index contributed by atoms with van der Waals surface area (Å²) in [6.07, 6.45) is 7.89. The Morgan fingerprint density at radius 2 is 1.82 bits per heavy atom. The van der Waals surface area contributed by atoms with Crippen LogP contribution in [-0.4, -0.2) is 29.6 Å². The van der Waals surface area contributed by atoms with Gasteiger partial charge in [-0.25, -0.2) is 0 Å². The third-order valence-corrected chi connectivity index (χ3v) is 10.2. The fourth-order valence-corrected chi connectivity index (χ4v) is 9.15. The second-order valence-electron chi connectivity index (χ2n) is 11.3. The van der Waals surface area contributed by atoms with Gasteiger partial charge in [-0.15, -0.1) is 0 Å². The zero-order chi connectivity index (χ0) is 20.1. The number of hydrogen-bond acceptors (Lipinski definition) is 4. The maximum Gasteiger partial charge on any atom is 0.302 e. The van der Waals surface area contributed by atoms with E-state index in [1.165, 1.54) is 19.8 Å². The quantitative estimate of drug-likeness (QED) is 0.515.